The molecule has 1 aromatic carbocycles. The lowest BCUT2D eigenvalue weighted by molar-refractivity contribution is -0.141. The number of carbonyl (C=O) groups is 2. The second-order valence-corrected chi connectivity index (χ2v) is 6.88. The minimum absolute atomic E-state index is 0.0230. The third-order valence-electron chi connectivity index (χ3n) is 2.86. The molecule has 12 heteroatoms. The van der Waals surface area contributed by atoms with Crippen molar-refractivity contribution in [3.63, 3.8) is 0 Å². The van der Waals surface area contributed by atoms with Crippen molar-refractivity contribution in [1.82, 2.24) is 15.5 Å². The summed E-state index contributed by atoms with van der Waals surface area (Å²) in [6.07, 6.45) is -4.50. The maximum atomic E-state index is 13.0. The highest BCUT2D eigenvalue weighted by molar-refractivity contribution is 8.01. The largest absolute Gasteiger partial charge is 0.468 e. The number of alkyl halides is 3. The first-order chi connectivity index (χ1) is 12.3. The van der Waals surface area contributed by atoms with E-state index >= 15 is 0 Å². The summed E-state index contributed by atoms with van der Waals surface area (Å²) < 4.78 is 43.7. The third-order valence-corrected chi connectivity index (χ3v) is 4.84. The molecule has 0 spiro atoms. The molecule has 0 aliphatic rings. The number of ether oxygens (including phenoxy) is 1. The standard InChI is InChI=1S/C14H13F3N4O3S2/c1-24-11(23)6-18-10(22)7-25-13-21-20-12(26-13)19-9-5-3-2-4-8(9)14(15,16)17/h2-5H,6-7H2,1H3,(H,18,22)(H,19,20). The smallest absolute Gasteiger partial charge is 0.418 e. The number of rotatable bonds is 7. The van der Waals surface area contributed by atoms with Crippen LogP contribution in [0.4, 0.5) is 24.0 Å². The number of halogens is 3. The van der Waals surface area contributed by atoms with Crippen molar-refractivity contribution >= 4 is 45.8 Å². The molecule has 26 heavy (non-hydrogen) atoms. The molecule has 0 aliphatic carbocycles. The van der Waals surface area contributed by atoms with Crippen LogP contribution >= 0.6 is 23.1 Å². The number of anilines is 2. The van der Waals surface area contributed by atoms with Crippen LogP contribution in [-0.2, 0) is 20.5 Å². The summed E-state index contributed by atoms with van der Waals surface area (Å²) in [5.41, 5.74) is -0.949. The van der Waals surface area contributed by atoms with Crippen LogP contribution in [0.2, 0.25) is 0 Å². The quantitative estimate of drug-likeness (QED) is 0.539. The van der Waals surface area contributed by atoms with Gasteiger partial charge in [-0.15, -0.1) is 10.2 Å². The van der Waals surface area contributed by atoms with Gasteiger partial charge in [-0.2, -0.15) is 13.2 Å². The van der Waals surface area contributed by atoms with E-state index < -0.39 is 23.6 Å². The van der Waals surface area contributed by atoms with Gasteiger partial charge in [0.25, 0.3) is 0 Å². The Morgan fingerprint density at radius 2 is 2.00 bits per heavy atom. The lowest BCUT2D eigenvalue weighted by atomic mass is 10.2. The maximum Gasteiger partial charge on any atom is 0.418 e. The van der Waals surface area contributed by atoms with Crippen LogP contribution in [-0.4, -0.2) is 41.5 Å². The summed E-state index contributed by atoms with van der Waals surface area (Å²) in [7, 11) is 1.20. The number of carbonyl (C=O) groups excluding carboxylic acids is 2. The van der Waals surface area contributed by atoms with Crippen molar-refractivity contribution in [3.8, 4) is 0 Å². The molecule has 2 N–H and O–H groups in total. The number of hydrogen-bond donors (Lipinski definition) is 2. The highest BCUT2D eigenvalue weighted by atomic mass is 32.2. The first kappa shape index (κ1) is 20.0. The predicted octanol–water partition coefficient (Wildman–Crippen LogP) is 2.68. The molecule has 0 atom stereocenters. The molecular formula is C14H13F3N4O3S2. The molecule has 7 nitrogen and oxygen atoms in total. The Morgan fingerprint density at radius 1 is 1.27 bits per heavy atom. The summed E-state index contributed by atoms with van der Waals surface area (Å²) in [6, 6.07) is 5.02. The van der Waals surface area contributed by atoms with Crippen LogP contribution in [0.5, 0.6) is 0 Å². The lowest BCUT2D eigenvalue weighted by Crippen LogP contribution is -2.31. The van der Waals surface area contributed by atoms with E-state index in [1.165, 1.54) is 25.3 Å². The lowest BCUT2D eigenvalue weighted by Gasteiger charge is -2.12. The molecule has 2 aromatic rings. The molecule has 1 heterocycles. The second kappa shape index (κ2) is 8.85. The van der Waals surface area contributed by atoms with Gasteiger partial charge in [0.2, 0.25) is 11.0 Å². The number of benzene rings is 1. The molecular weight excluding hydrogens is 393 g/mol. The Kier molecular flexibility index (Phi) is 6.80. The number of methoxy groups -OCH3 is 1. The second-order valence-electron chi connectivity index (χ2n) is 4.68. The van der Waals surface area contributed by atoms with Crippen LogP contribution < -0.4 is 10.6 Å². The molecule has 0 bridgehead atoms. The van der Waals surface area contributed by atoms with Gasteiger partial charge in [-0.1, -0.05) is 35.2 Å². The van der Waals surface area contributed by atoms with Gasteiger partial charge in [0.05, 0.1) is 24.1 Å². The topological polar surface area (TPSA) is 93.2 Å². The maximum absolute atomic E-state index is 13.0. The molecule has 2 rings (SSSR count). The van der Waals surface area contributed by atoms with Gasteiger partial charge in [-0.25, -0.2) is 0 Å². The Balaban J connectivity index is 1.93. The van der Waals surface area contributed by atoms with E-state index in [2.05, 4.69) is 25.6 Å². The summed E-state index contributed by atoms with van der Waals surface area (Å²) in [4.78, 5) is 22.5. The fourth-order valence-corrected chi connectivity index (χ4v) is 3.29. The number of nitrogens with one attached hydrogen (secondary N) is 2. The van der Waals surface area contributed by atoms with E-state index in [0.29, 0.717) is 4.34 Å². The Hall–Kier alpha value is -2.34. The summed E-state index contributed by atoms with van der Waals surface area (Å²) in [6.45, 7) is -0.243. The summed E-state index contributed by atoms with van der Waals surface area (Å²) in [5.74, 6) is -1.01. The fraction of sp³-hybridized carbons (Fsp3) is 0.286. The van der Waals surface area contributed by atoms with Gasteiger partial charge in [-0.05, 0) is 12.1 Å². The molecule has 1 aromatic heterocycles. The molecule has 0 aliphatic heterocycles. The van der Waals surface area contributed by atoms with Crippen LogP contribution in [0.25, 0.3) is 0 Å². The highest BCUT2D eigenvalue weighted by Crippen LogP contribution is 2.36. The SMILES string of the molecule is COC(=O)CNC(=O)CSc1nnc(Nc2ccccc2C(F)(F)F)s1. The number of thioether (sulfide) groups is 1. The van der Waals surface area contributed by atoms with Crippen molar-refractivity contribution < 1.29 is 27.5 Å². The first-order valence-electron chi connectivity index (χ1n) is 7.02. The van der Waals surface area contributed by atoms with E-state index in [1.807, 2.05) is 0 Å². The predicted molar refractivity (Wildman–Crippen MR) is 90.4 cm³/mol. The molecule has 0 saturated carbocycles. The molecule has 140 valence electrons. The van der Waals surface area contributed by atoms with Gasteiger partial charge in [0, 0.05) is 0 Å². The van der Waals surface area contributed by atoms with Crippen molar-refractivity contribution in [3.05, 3.63) is 29.8 Å². The van der Waals surface area contributed by atoms with E-state index in [4.69, 9.17) is 0 Å². The van der Waals surface area contributed by atoms with Crippen molar-refractivity contribution in [1.29, 1.82) is 0 Å². The van der Waals surface area contributed by atoms with E-state index in [1.54, 1.807) is 0 Å². The van der Waals surface area contributed by atoms with Crippen LogP contribution in [0.1, 0.15) is 5.56 Å². The van der Waals surface area contributed by atoms with Crippen molar-refractivity contribution in [2.45, 2.75) is 10.5 Å². The summed E-state index contributed by atoms with van der Waals surface area (Å²) >= 11 is 2.06. The van der Waals surface area contributed by atoms with E-state index in [-0.39, 0.29) is 23.1 Å². The Labute approximate surface area is 154 Å². The van der Waals surface area contributed by atoms with Crippen molar-refractivity contribution in [2.24, 2.45) is 0 Å². The van der Waals surface area contributed by atoms with Gasteiger partial charge in [0.15, 0.2) is 4.34 Å². The Bertz CT molecular complexity index is 783. The summed E-state index contributed by atoms with van der Waals surface area (Å²) in [5, 5.41) is 12.7. The van der Waals surface area contributed by atoms with E-state index in [9.17, 15) is 22.8 Å². The number of aromatic nitrogens is 2. The van der Waals surface area contributed by atoms with Crippen LogP contribution in [0.3, 0.4) is 0 Å². The van der Waals surface area contributed by atoms with Gasteiger partial charge >= 0.3 is 12.1 Å². The molecule has 0 fully saturated rings. The molecule has 0 saturated heterocycles. The fourth-order valence-electron chi connectivity index (χ4n) is 1.69. The van der Waals surface area contributed by atoms with E-state index in [0.717, 1.165) is 29.2 Å². The van der Waals surface area contributed by atoms with Crippen LogP contribution in [0, 0.1) is 0 Å². The average molecular weight is 406 g/mol. The molecule has 0 radical (unpaired) electrons. The van der Waals surface area contributed by atoms with Gasteiger partial charge < -0.3 is 15.4 Å². The third kappa shape index (κ3) is 5.88. The minimum Gasteiger partial charge on any atom is -0.468 e. The number of para-hydroxylation sites is 1. The number of hydrogen-bond acceptors (Lipinski definition) is 8. The zero-order valence-electron chi connectivity index (χ0n) is 13.3. The average Bonchev–Trinajstić information content (AvgIpc) is 3.04. The zero-order chi connectivity index (χ0) is 19.2. The first-order valence-corrected chi connectivity index (χ1v) is 8.83. The van der Waals surface area contributed by atoms with Gasteiger partial charge in [-0.3, -0.25) is 9.59 Å². The van der Waals surface area contributed by atoms with Crippen LogP contribution in [0.15, 0.2) is 28.6 Å². The minimum atomic E-state index is -4.50. The number of nitrogens with zero attached hydrogens (tertiary/aromatic N) is 2. The normalized spacial score (nSPS) is 11.1. The Morgan fingerprint density at radius 3 is 2.69 bits per heavy atom. The zero-order valence-corrected chi connectivity index (χ0v) is 14.9. The molecule has 1 amide bonds. The van der Waals surface area contributed by atoms with Gasteiger partial charge in [0.1, 0.15) is 6.54 Å². The number of esters is 1. The monoisotopic (exact) mass is 406 g/mol. The number of amides is 1. The van der Waals surface area contributed by atoms with Crippen molar-refractivity contribution in [2.75, 3.05) is 24.7 Å². The highest BCUT2D eigenvalue weighted by Gasteiger charge is 2.33. The molecule has 0 unspecified atom stereocenters.